The predicted octanol–water partition coefficient (Wildman–Crippen LogP) is 2.53. The average molecular weight is 225 g/mol. The molecule has 0 saturated heterocycles. The van der Waals surface area contributed by atoms with Crippen LogP contribution in [0.15, 0.2) is 30.0 Å². The molecule has 2 rings (SSSR count). The molecular formula is C12H13F2NO. The molecule has 0 amide bonds. The van der Waals surface area contributed by atoms with Crippen molar-refractivity contribution in [1.29, 1.82) is 0 Å². The number of halogens is 2. The molecule has 0 bridgehead atoms. The molecule has 0 saturated carbocycles. The van der Waals surface area contributed by atoms with Gasteiger partial charge in [0.2, 0.25) is 0 Å². The maximum atomic E-state index is 13.1. The Balaban J connectivity index is 2.32. The zero-order valence-corrected chi connectivity index (χ0v) is 8.97. The molecule has 1 aliphatic rings. The van der Waals surface area contributed by atoms with Gasteiger partial charge in [-0.05, 0) is 30.8 Å². The van der Waals surface area contributed by atoms with Gasteiger partial charge in [0.25, 0.3) is 0 Å². The molecule has 1 heterocycles. The first-order valence-electron chi connectivity index (χ1n) is 5.17. The van der Waals surface area contributed by atoms with Gasteiger partial charge in [0, 0.05) is 12.5 Å². The van der Waals surface area contributed by atoms with Gasteiger partial charge in [0.05, 0.1) is 12.6 Å². The van der Waals surface area contributed by atoms with Gasteiger partial charge in [-0.15, -0.1) is 0 Å². The van der Waals surface area contributed by atoms with Crippen LogP contribution in [0.1, 0.15) is 18.0 Å². The number of likely N-dealkylation sites (N-methyl/N-ethyl adjacent to an activating group) is 1. The monoisotopic (exact) mass is 225 g/mol. The Morgan fingerprint density at radius 1 is 1.25 bits per heavy atom. The van der Waals surface area contributed by atoms with Crippen LogP contribution in [0.25, 0.3) is 0 Å². The van der Waals surface area contributed by atoms with Crippen molar-refractivity contribution in [3.05, 3.63) is 47.2 Å². The average Bonchev–Trinajstić information content (AvgIpc) is 2.70. The Morgan fingerprint density at radius 2 is 1.94 bits per heavy atom. The molecule has 0 fully saturated rings. The van der Waals surface area contributed by atoms with E-state index in [0.717, 1.165) is 18.2 Å². The molecule has 1 N–H and O–H groups in total. The van der Waals surface area contributed by atoms with Crippen LogP contribution in [0.2, 0.25) is 0 Å². The van der Waals surface area contributed by atoms with Crippen molar-refractivity contribution in [2.75, 3.05) is 13.7 Å². The standard InChI is InChI=1S/C12H13F2NO/c1-15-12(11-3-2-4-16-11)8-5-9(13)7-10(14)6-8/h3,5-7,12,15H,2,4H2,1H3. The van der Waals surface area contributed by atoms with Crippen molar-refractivity contribution in [2.24, 2.45) is 0 Å². The van der Waals surface area contributed by atoms with Gasteiger partial charge in [-0.3, -0.25) is 0 Å². The van der Waals surface area contributed by atoms with E-state index in [-0.39, 0.29) is 6.04 Å². The van der Waals surface area contributed by atoms with E-state index in [4.69, 9.17) is 4.74 Å². The second kappa shape index (κ2) is 4.61. The fraction of sp³-hybridized carbons (Fsp3) is 0.333. The highest BCUT2D eigenvalue weighted by Crippen LogP contribution is 2.27. The molecule has 0 spiro atoms. The topological polar surface area (TPSA) is 21.3 Å². The SMILES string of the molecule is CNC(C1=CCCO1)c1cc(F)cc(F)c1. The summed E-state index contributed by atoms with van der Waals surface area (Å²) in [4.78, 5) is 0. The smallest absolute Gasteiger partial charge is 0.126 e. The molecule has 0 aliphatic carbocycles. The molecule has 0 aromatic heterocycles. The Hall–Kier alpha value is -1.42. The Bertz CT molecular complexity index is 397. The minimum Gasteiger partial charge on any atom is -0.496 e. The first-order valence-corrected chi connectivity index (χ1v) is 5.17. The molecule has 1 aromatic carbocycles. The fourth-order valence-corrected chi connectivity index (χ4v) is 1.85. The van der Waals surface area contributed by atoms with E-state index in [0.29, 0.717) is 12.2 Å². The van der Waals surface area contributed by atoms with Crippen LogP contribution in [-0.4, -0.2) is 13.7 Å². The molecular weight excluding hydrogens is 212 g/mol. The summed E-state index contributed by atoms with van der Waals surface area (Å²) in [6, 6.07) is 3.20. The van der Waals surface area contributed by atoms with Crippen LogP contribution in [0.3, 0.4) is 0 Å². The van der Waals surface area contributed by atoms with Crippen LogP contribution in [0.5, 0.6) is 0 Å². The highest BCUT2D eigenvalue weighted by molar-refractivity contribution is 5.28. The Labute approximate surface area is 92.9 Å². The van der Waals surface area contributed by atoms with Crippen molar-refractivity contribution < 1.29 is 13.5 Å². The summed E-state index contributed by atoms with van der Waals surface area (Å²) in [5, 5.41) is 2.99. The third-order valence-electron chi connectivity index (χ3n) is 2.52. The van der Waals surface area contributed by atoms with E-state index in [9.17, 15) is 8.78 Å². The molecule has 1 aliphatic heterocycles. The normalized spacial score (nSPS) is 16.8. The van der Waals surface area contributed by atoms with E-state index in [1.807, 2.05) is 6.08 Å². The van der Waals surface area contributed by atoms with Gasteiger partial charge < -0.3 is 10.1 Å². The lowest BCUT2D eigenvalue weighted by atomic mass is 10.0. The lowest BCUT2D eigenvalue weighted by molar-refractivity contribution is 0.218. The number of benzene rings is 1. The lowest BCUT2D eigenvalue weighted by Crippen LogP contribution is -2.19. The first kappa shape index (κ1) is 11.1. The maximum Gasteiger partial charge on any atom is 0.126 e. The van der Waals surface area contributed by atoms with Crippen LogP contribution in [-0.2, 0) is 4.74 Å². The maximum absolute atomic E-state index is 13.1. The minimum atomic E-state index is -0.575. The van der Waals surface area contributed by atoms with Gasteiger partial charge in [-0.25, -0.2) is 8.78 Å². The first-order chi connectivity index (χ1) is 7.70. The largest absolute Gasteiger partial charge is 0.496 e. The molecule has 1 unspecified atom stereocenters. The zero-order valence-electron chi connectivity index (χ0n) is 8.97. The fourth-order valence-electron chi connectivity index (χ4n) is 1.85. The van der Waals surface area contributed by atoms with Gasteiger partial charge in [-0.2, -0.15) is 0 Å². The van der Waals surface area contributed by atoms with Gasteiger partial charge in [0.15, 0.2) is 0 Å². The van der Waals surface area contributed by atoms with Crippen molar-refractivity contribution >= 4 is 0 Å². The van der Waals surface area contributed by atoms with E-state index < -0.39 is 11.6 Å². The summed E-state index contributed by atoms with van der Waals surface area (Å²) in [5.74, 6) is -0.421. The second-order valence-corrected chi connectivity index (χ2v) is 3.67. The summed E-state index contributed by atoms with van der Waals surface area (Å²) in [6.07, 6.45) is 2.77. The highest BCUT2D eigenvalue weighted by atomic mass is 19.1. The lowest BCUT2D eigenvalue weighted by Gasteiger charge is -2.18. The molecule has 86 valence electrons. The van der Waals surface area contributed by atoms with Gasteiger partial charge in [0.1, 0.15) is 17.4 Å². The Morgan fingerprint density at radius 3 is 2.44 bits per heavy atom. The number of hydrogen-bond donors (Lipinski definition) is 1. The number of nitrogens with one attached hydrogen (secondary N) is 1. The third kappa shape index (κ3) is 2.22. The minimum absolute atomic E-state index is 0.285. The Kier molecular flexibility index (Phi) is 3.19. The van der Waals surface area contributed by atoms with E-state index in [1.165, 1.54) is 12.1 Å². The molecule has 16 heavy (non-hydrogen) atoms. The van der Waals surface area contributed by atoms with Crippen LogP contribution >= 0.6 is 0 Å². The van der Waals surface area contributed by atoms with Gasteiger partial charge in [-0.1, -0.05) is 0 Å². The summed E-state index contributed by atoms with van der Waals surface area (Å²) in [7, 11) is 1.73. The molecule has 0 radical (unpaired) electrons. The van der Waals surface area contributed by atoms with Crippen molar-refractivity contribution in [3.8, 4) is 0 Å². The highest BCUT2D eigenvalue weighted by Gasteiger charge is 2.20. The second-order valence-electron chi connectivity index (χ2n) is 3.67. The summed E-state index contributed by atoms with van der Waals surface area (Å²) in [6.45, 7) is 0.630. The van der Waals surface area contributed by atoms with Crippen LogP contribution < -0.4 is 5.32 Å². The quantitative estimate of drug-likeness (QED) is 0.853. The summed E-state index contributed by atoms with van der Waals surface area (Å²) < 4.78 is 31.6. The van der Waals surface area contributed by atoms with Crippen LogP contribution in [0.4, 0.5) is 8.78 Å². The van der Waals surface area contributed by atoms with Crippen molar-refractivity contribution in [3.63, 3.8) is 0 Å². The van der Waals surface area contributed by atoms with Crippen molar-refractivity contribution in [1.82, 2.24) is 5.32 Å². The number of ether oxygens (including phenoxy) is 1. The van der Waals surface area contributed by atoms with Crippen LogP contribution in [0, 0.1) is 11.6 Å². The van der Waals surface area contributed by atoms with E-state index in [2.05, 4.69) is 5.32 Å². The van der Waals surface area contributed by atoms with Gasteiger partial charge >= 0.3 is 0 Å². The van der Waals surface area contributed by atoms with Crippen molar-refractivity contribution in [2.45, 2.75) is 12.5 Å². The van der Waals surface area contributed by atoms with E-state index in [1.54, 1.807) is 7.05 Å². The summed E-state index contributed by atoms with van der Waals surface area (Å²) in [5.41, 5.74) is 0.535. The zero-order chi connectivity index (χ0) is 11.5. The predicted molar refractivity (Wildman–Crippen MR) is 56.8 cm³/mol. The summed E-state index contributed by atoms with van der Waals surface area (Å²) >= 11 is 0. The molecule has 4 heteroatoms. The number of hydrogen-bond acceptors (Lipinski definition) is 2. The van der Waals surface area contributed by atoms with E-state index >= 15 is 0 Å². The third-order valence-corrected chi connectivity index (χ3v) is 2.52. The molecule has 2 nitrogen and oxygen atoms in total. The molecule has 1 atom stereocenters. The number of rotatable bonds is 3. The molecule has 1 aromatic rings.